The summed E-state index contributed by atoms with van der Waals surface area (Å²) < 4.78 is 11.7. The predicted octanol–water partition coefficient (Wildman–Crippen LogP) is 4.45. The van der Waals surface area contributed by atoms with Gasteiger partial charge in [0.05, 0.1) is 11.1 Å². The van der Waals surface area contributed by atoms with E-state index in [1.165, 1.54) is 6.92 Å². The number of nitrogens with one attached hydrogen (secondary N) is 3. The zero-order chi connectivity index (χ0) is 31.4. The van der Waals surface area contributed by atoms with Crippen LogP contribution >= 0.6 is 0 Å². The highest BCUT2D eigenvalue weighted by Gasteiger charge is 2.37. The maximum absolute atomic E-state index is 13.1. The van der Waals surface area contributed by atoms with Crippen molar-refractivity contribution in [2.45, 2.75) is 86.2 Å². The third-order valence-electron chi connectivity index (χ3n) is 7.80. The van der Waals surface area contributed by atoms with Gasteiger partial charge in [-0.05, 0) is 90.9 Å². The third-order valence-corrected chi connectivity index (χ3v) is 7.80. The molecular formula is C32H46N4O6. The Hall–Kier alpha value is -3.47. The molecule has 2 amide bonds. The number of aryl methyl sites for hydroxylation is 1. The monoisotopic (exact) mass is 582 g/mol. The number of carbonyl (C=O) groups is 3. The number of hydrogen-bond acceptors (Lipinski definition) is 7. The number of amides is 2. The average Bonchev–Trinajstić information content (AvgIpc) is 3.39. The van der Waals surface area contributed by atoms with E-state index in [2.05, 4.69) is 34.4 Å². The van der Waals surface area contributed by atoms with Crippen LogP contribution in [0.15, 0.2) is 18.2 Å². The van der Waals surface area contributed by atoms with Gasteiger partial charge in [0.2, 0.25) is 5.78 Å². The molecule has 10 heteroatoms. The van der Waals surface area contributed by atoms with Gasteiger partial charge in [0.1, 0.15) is 11.9 Å². The number of aromatic nitrogens is 1. The summed E-state index contributed by atoms with van der Waals surface area (Å²) in [4.78, 5) is 44.6. The number of aliphatic hydroxyl groups is 1. The summed E-state index contributed by atoms with van der Waals surface area (Å²) in [6.07, 6.45) is 1.17. The standard InChI is InChI=1S/C32H46N4O6/c1-10-32(9,40)41-21(6)28(37)31(7,8)42-22-13-14-25-23(17-22)24(29(38)35-25)18-26-19(4)27(20(5)34-26)30(39)33-15-16-36(11-2)12-3/h13-14,17-18,21,34,40H,10-12,15-16H2,1-9H3,(H,33,39)(H,35,38)/b24-18-/t21-,32?/m0/s1. The van der Waals surface area contributed by atoms with Crippen molar-refractivity contribution in [2.75, 3.05) is 31.5 Å². The van der Waals surface area contributed by atoms with Gasteiger partial charge in [-0.3, -0.25) is 14.4 Å². The van der Waals surface area contributed by atoms with Gasteiger partial charge in [0.25, 0.3) is 11.8 Å². The molecule has 1 unspecified atom stereocenters. The summed E-state index contributed by atoms with van der Waals surface area (Å²) in [7, 11) is 0. The van der Waals surface area contributed by atoms with Crippen molar-refractivity contribution in [1.82, 2.24) is 15.2 Å². The molecule has 2 heterocycles. The number of H-pyrrole nitrogens is 1. The van der Waals surface area contributed by atoms with E-state index in [1.807, 2.05) is 13.8 Å². The minimum absolute atomic E-state index is 0.157. The molecule has 1 aromatic carbocycles. The molecular weight excluding hydrogens is 536 g/mol. The fraction of sp³-hybridized carbons (Fsp3) is 0.531. The number of ether oxygens (including phenoxy) is 2. The molecule has 230 valence electrons. The van der Waals surface area contributed by atoms with Crippen LogP contribution in [0, 0.1) is 13.8 Å². The van der Waals surface area contributed by atoms with Crippen LogP contribution in [-0.4, -0.2) is 76.3 Å². The van der Waals surface area contributed by atoms with Crippen LogP contribution < -0.4 is 15.4 Å². The summed E-state index contributed by atoms with van der Waals surface area (Å²) in [5.74, 6) is -1.79. The Morgan fingerprint density at radius 3 is 2.43 bits per heavy atom. The molecule has 3 rings (SSSR count). The molecule has 0 saturated carbocycles. The second-order valence-corrected chi connectivity index (χ2v) is 11.4. The lowest BCUT2D eigenvalue weighted by molar-refractivity contribution is -0.218. The molecule has 42 heavy (non-hydrogen) atoms. The lowest BCUT2D eigenvalue weighted by Gasteiger charge is -2.31. The Balaban J connectivity index is 1.83. The number of carbonyl (C=O) groups excluding carboxylic acids is 3. The Labute approximate surface area is 248 Å². The van der Waals surface area contributed by atoms with Crippen LogP contribution in [-0.2, 0) is 14.3 Å². The van der Waals surface area contributed by atoms with E-state index in [-0.39, 0.29) is 17.6 Å². The number of nitrogens with zero attached hydrogens (tertiary/aromatic N) is 1. The maximum atomic E-state index is 13.1. The number of likely N-dealkylation sites (N-methyl/N-ethyl adjacent to an activating group) is 1. The van der Waals surface area contributed by atoms with Gasteiger partial charge in [0, 0.05) is 35.7 Å². The Kier molecular flexibility index (Phi) is 10.4. The van der Waals surface area contributed by atoms with Gasteiger partial charge in [-0.25, -0.2) is 0 Å². The zero-order valence-electron chi connectivity index (χ0n) is 26.4. The molecule has 4 N–H and O–H groups in total. The molecule has 1 aliphatic heterocycles. The largest absolute Gasteiger partial charge is 0.480 e. The third kappa shape index (κ3) is 7.48. The van der Waals surface area contributed by atoms with Crippen molar-refractivity contribution in [2.24, 2.45) is 0 Å². The van der Waals surface area contributed by atoms with Gasteiger partial charge in [-0.2, -0.15) is 0 Å². The Morgan fingerprint density at radius 1 is 1.14 bits per heavy atom. The molecule has 1 aliphatic rings. The van der Waals surface area contributed by atoms with Crippen molar-refractivity contribution in [3.8, 4) is 5.75 Å². The number of ketones is 1. The van der Waals surface area contributed by atoms with Crippen molar-refractivity contribution in [3.63, 3.8) is 0 Å². The number of benzene rings is 1. The summed E-state index contributed by atoms with van der Waals surface area (Å²) in [5, 5.41) is 16.1. The molecule has 10 nitrogen and oxygen atoms in total. The van der Waals surface area contributed by atoms with Gasteiger partial charge in [-0.15, -0.1) is 0 Å². The van der Waals surface area contributed by atoms with E-state index in [9.17, 15) is 19.5 Å². The van der Waals surface area contributed by atoms with Crippen LogP contribution in [0.3, 0.4) is 0 Å². The molecule has 0 fully saturated rings. The molecule has 1 aromatic heterocycles. The van der Waals surface area contributed by atoms with E-state index in [4.69, 9.17) is 9.47 Å². The van der Waals surface area contributed by atoms with E-state index >= 15 is 0 Å². The smallest absolute Gasteiger partial charge is 0.256 e. The first-order chi connectivity index (χ1) is 19.6. The number of anilines is 1. The summed E-state index contributed by atoms with van der Waals surface area (Å²) in [6, 6.07) is 5.14. The second-order valence-electron chi connectivity index (χ2n) is 11.4. The lowest BCUT2D eigenvalue weighted by atomic mass is 9.98. The zero-order valence-corrected chi connectivity index (χ0v) is 26.4. The lowest BCUT2D eigenvalue weighted by Crippen LogP contribution is -2.47. The van der Waals surface area contributed by atoms with Gasteiger partial charge in [-0.1, -0.05) is 20.8 Å². The molecule has 0 spiro atoms. The second kappa shape index (κ2) is 13.2. The number of rotatable bonds is 14. The predicted molar refractivity (Wildman–Crippen MR) is 165 cm³/mol. The van der Waals surface area contributed by atoms with Crippen LogP contribution in [0.1, 0.15) is 87.8 Å². The highest BCUT2D eigenvalue weighted by Crippen LogP contribution is 2.37. The van der Waals surface area contributed by atoms with Gasteiger partial charge in [0.15, 0.2) is 11.4 Å². The fourth-order valence-electron chi connectivity index (χ4n) is 5.09. The van der Waals surface area contributed by atoms with Gasteiger partial charge >= 0.3 is 0 Å². The number of hydrogen-bond donors (Lipinski definition) is 4. The quantitative estimate of drug-likeness (QED) is 0.191. The molecule has 2 atom stereocenters. The SMILES string of the molecule is CCN(CC)CCNC(=O)c1c(C)[nH]c(/C=C2\C(=O)Nc3ccc(OC(C)(C)C(=O)[C@H](C)OC(C)(O)CC)cc32)c1C. The van der Waals surface area contributed by atoms with Crippen molar-refractivity contribution in [3.05, 3.63) is 46.3 Å². The maximum Gasteiger partial charge on any atom is 0.256 e. The van der Waals surface area contributed by atoms with E-state index in [0.29, 0.717) is 52.5 Å². The summed E-state index contributed by atoms with van der Waals surface area (Å²) >= 11 is 0. The molecule has 0 bridgehead atoms. The number of fused-ring (bicyclic) bond motifs is 1. The number of aromatic amines is 1. The number of Topliss-reactive ketones (excluding diaryl/α,β-unsaturated/α-hetero) is 1. The van der Waals surface area contributed by atoms with Crippen LogP contribution in [0.25, 0.3) is 11.6 Å². The minimum atomic E-state index is -1.43. The molecule has 0 saturated heterocycles. The average molecular weight is 583 g/mol. The van der Waals surface area contributed by atoms with E-state index in [1.54, 1.807) is 52.0 Å². The van der Waals surface area contributed by atoms with Crippen molar-refractivity contribution < 1.29 is 29.0 Å². The Morgan fingerprint density at radius 2 is 1.81 bits per heavy atom. The van der Waals surface area contributed by atoms with E-state index in [0.717, 1.165) is 25.2 Å². The first-order valence-electron chi connectivity index (χ1n) is 14.6. The fourth-order valence-corrected chi connectivity index (χ4v) is 5.09. The summed E-state index contributed by atoms with van der Waals surface area (Å²) in [6.45, 7) is 19.2. The topological polar surface area (TPSA) is 133 Å². The van der Waals surface area contributed by atoms with Crippen LogP contribution in [0.5, 0.6) is 5.75 Å². The van der Waals surface area contributed by atoms with Crippen molar-refractivity contribution >= 4 is 34.9 Å². The Bertz CT molecular complexity index is 1350. The first kappa shape index (κ1) is 33.0. The first-order valence-corrected chi connectivity index (χ1v) is 14.6. The molecule has 2 aromatic rings. The van der Waals surface area contributed by atoms with Crippen LogP contribution in [0.2, 0.25) is 0 Å². The highest BCUT2D eigenvalue weighted by atomic mass is 16.6. The normalized spacial score (nSPS) is 16.3. The summed E-state index contributed by atoms with van der Waals surface area (Å²) in [5.41, 5.74) is 3.08. The van der Waals surface area contributed by atoms with Gasteiger partial charge < -0.3 is 35.1 Å². The molecule has 0 aliphatic carbocycles. The van der Waals surface area contributed by atoms with Crippen LogP contribution in [0.4, 0.5) is 5.69 Å². The van der Waals surface area contributed by atoms with E-state index < -0.39 is 17.5 Å². The molecule has 0 radical (unpaired) electrons. The minimum Gasteiger partial charge on any atom is -0.480 e. The highest BCUT2D eigenvalue weighted by molar-refractivity contribution is 6.35. The van der Waals surface area contributed by atoms with Crippen molar-refractivity contribution in [1.29, 1.82) is 0 Å².